The van der Waals surface area contributed by atoms with Crippen LogP contribution in [0.1, 0.15) is 17.5 Å². The van der Waals surface area contributed by atoms with Crippen molar-refractivity contribution in [2.24, 2.45) is 10.2 Å². The Morgan fingerprint density at radius 1 is 1.25 bits per heavy atom. The zero-order chi connectivity index (χ0) is 19.9. The lowest BCUT2D eigenvalue weighted by atomic mass is 10.2. The van der Waals surface area contributed by atoms with Gasteiger partial charge in [-0.2, -0.15) is 5.10 Å². The molecule has 2 aromatic carbocycles. The van der Waals surface area contributed by atoms with Crippen LogP contribution in [0.25, 0.3) is 0 Å². The zero-order valence-corrected chi connectivity index (χ0v) is 16.9. The highest BCUT2D eigenvalue weighted by atomic mass is 79.9. The molecule has 3 rings (SSSR count). The summed E-state index contributed by atoms with van der Waals surface area (Å²) in [6.45, 7) is 0.406. The summed E-state index contributed by atoms with van der Waals surface area (Å²) in [7, 11) is 0. The van der Waals surface area contributed by atoms with Crippen molar-refractivity contribution in [2.75, 3.05) is 0 Å². The third kappa shape index (κ3) is 5.67. The number of para-hydroxylation sites is 1. The van der Waals surface area contributed by atoms with Crippen LogP contribution < -0.4 is 15.2 Å². The molecule has 28 heavy (non-hydrogen) atoms. The number of nitrogens with one attached hydrogen (secondary N) is 1. The molecule has 0 spiro atoms. The van der Waals surface area contributed by atoms with Crippen LogP contribution in [-0.2, 0) is 16.2 Å². The van der Waals surface area contributed by atoms with Crippen LogP contribution in [0, 0.1) is 0 Å². The number of benzene rings is 2. The van der Waals surface area contributed by atoms with Crippen LogP contribution in [0.5, 0.6) is 5.75 Å². The van der Waals surface area contributed by atoms with Crippen LogP contribution in [0.2, 0.25) is 0 Å². The molecule has 9 heteroatoms. The first-order valence-electron chi connectivity index (χ1n) is 8.26. The minimum absolute atomic E-state index is 0.251. The predicted octanol–water partition coefficient (Wildman–Crippen LogP) is 2.09. The molecule has 0 aromatic heterocycles. The second kappa shape index (κ2) is 9.52. The largest absolute Gasteiger partial charge is 0.550 e. The number of carbonyl (C=O) groups is 2. The number of hydrogen-bond donors (Lipinski definition) is 1. The molecule has 144 valence electrons. The lowest BCUT2D eigenvalue weighted by Crippen LogP contribution is -2.31. The van der Waals surface area contributed by atoms with Gasteiger partial charge in [0.05, 0.1) is 11.5 Å². The molecule has 1 amide bonds. The molecular weight excluding hydrogens is 446 g/mol. The molecule has 7 nitrogen and oxygen atoms in total. The number of rotatable bonds is 7. The van der Waals surface area contributed by atoms with Gasteiger partial charge in [-0.3, -0.25) is 4.79 Å². The summed E-state index contributed by atoms with van der Waals surface area (Å²) in [6, 6.07) is 15.2. The summed E-state index contributed by atoms with van der Waals surface area (Å²) in [5.41, 5.74) is 1.75. The fourth-order valence-corrected chi connectivity index (χ4v) is 3.51. The van der Waals surface area contributed by atoms with Gasteiger partial charge in [-0.1, -0.05) is 52.0 Å². The Hall–Kier alpha value is -2.65. The number of nitrogens with zero attached hydrogens (tertiary/aromatic N) is 2. The van der Waals surface area contributed by atoms with Gasteiger partial charge in [-0.15, -0.1) is 5.10 Å². The van der Waals surface area contributed by atoms with Crippen LogP contribution in [0.3, 0.4) is 0 Å². The van der Waals surface area contributed by atoms with Gasteiger partial charge < -0.3 is 20.0 Å². The minimum atomic E-state index is -1.28. The van der Waals surface area contributed by atoms with Crippen molar-refractivity contribution in [2.45, 2.75) is 18.3 Å². The number of halogens is 1. The Bertz CT molecular complexity index is 931. The van der Waals surface area contributed by atoms with Gasteiger partial charge in [0.1, 0.15) is 12.4 Å². The van der Waals surface area contributed by atoms with Gasteiger partial charge in [0.2, 0.25) is 5.91 Å². The van der Waals surface area contributed by atoms with E-state index in [-0.39, 0.29) is 11.6 Å². The highest BCUT2D eigenvalue weighted by Crippen LogP contribution is 2.22. The zero-order valence-electron chi connectivity index (χ0n) is 14.5. The van der Waals surface area contributed by atoms with Gasteiger partial charge in [-0.25, -0.2) is 0 Å². The molecule has 0 radical (unpaired) electrons. The maximum Gasteiger partial charge on any atom is 0.239 e. The molecule has 0 aliphatic carbocycles. The molecule has 2 aromatic rings. The number of aliphatic carboxylic acids is 1. The van der Waals surface area contributed by atoms with E-state index >= 15 is 0 Å². The Kier molecular flexibility index (Phi) is 6.83. The molecule has 1 aliphatic heterocycles. The third-order valence-corrected chi connectivity index (χ3v) is 5.30. The van der Waals surface area contributed by atoms with E-state index in [4.69, 9.17) is 4.74 Å². The number of carboxylic acid groups (broad SMARTS) is 1. The van der Waals surface area contributed by atoms with Crippen molar-refractivity contribution >= 4 is 51.0 Å². The molecule has 0 unspecified atom stereocenters. The third-order valence-electron chi connectivity index (χ3n) is 3.70. The van der Waals surface area contributed by atoms with Crippen molar-refractivity contribution in [3.63, 3.8) is 0 Å². The van der Waals surface area contributed by atoms with Crippen molar-refractivity contribution in [1.29, 1.82) is 0 Å². The molecule has 0 saturated carbocycles. The van der Waals surface area contributed by atoms with E-state index in [1.807, 2.05) is 48.5 Å². The quantitative estimate of drug-likeness (QED) is 0.503. The lowest BCUT2D eigenvalue weighted by molar-refractivity contribution is -0.305. The highest BCUT2D eigenvalue weighted by Gasteiger charge is 2.30. The Balaban J connectivity index is 1.63. The second-order valence-electron chi connectivity index (χ2n) is 5.77. The number of hydrogen-bond acceptors (Lipinski definition) is 7. The van der Waals surface area contributed by atoms with E-state index < -0.39 is 17.1 Å². The molecule has 1 N–H and O–H groups in total. The van der Waals surface area contributed by atoms with Gasteiger partial charge in [0.25, 0.3) is 0 Å². The van der Waals surface area contributed by atoms with E-state index in [0.29, 0.717) is 12.4 Å². The summed E-state index contributed by atoms with van der Waals surface area (Å²) in [5.74, 6) is -1.05. The number of amidine groups is 1. The number of ether oxygens (including phenoxy) is 1. The first-order chi connectivity index (χ1) is 13.5. The predicted molar refractivity (Wildman–Crippen MR) is 109 cm³/mol. The SMILES string of the molecule is O=C([O-])C[C@@H]1S/C(=N\N=C/c2ccccc2OCc2ccc(Br)cc2)NC1=O. The summed E-state index contributed by atoms with van der Waals surface area (Å²) in [5, 5.41) is 20.5. The maximum absolute atomic E-state index is 11.7. The van der Waals surface area contributed by atoms with E-state index in [1.165, 1.54) is 6.21 Å². The van der Waals surface area contributed by atoms with Gasteiger partial charge in [-0.05, 0) is 29.8 Å². The topological polar surface area (TPSA) is 103 Å². The number of thioether (sulfide) groups is 1. The number of amides is 1. The van der Waals surface area contributed by atoms with Gasteiger partial charge in [0.15, 0.2) is 5.17 Å². The monoisotopic (exact) mass is 460 g/mol. The fraction of sp³-hybridized carbons (Fsp3) is 0.158. The fourth-order valence-electron chi connectivity index (χ4n) is 2.34. The van der Waals surface area contributed by atoms with Crippen LogP contribution in [-0.4, -0.2) is 28.5 Å². The van der Waals surface area contributed by atoms with Crippen molar-refractivity contribution < 1.29 is 19.4 Å². The normalized spacial score (nSPS) is 17.8. The van der Waals surface area contributed by atoms with Crippen LogP contribution >= 0.6 is 27.7 Å². The first kappa shape index (κ1) is 20.1. The summed E-state index contributed by atoms with van der Waals surface area (Å²) in [6.07, 6.45) is 1.15. The second-order valence-corrected chi connectivity index (χ2v) is 7.88. The summed E-state index contributed by atoms with van der Waals surface area (Å²) < 4.78 is 6.86. The van der Waals surface area contributed by atoms with Crippen LogP contribution in [0.15, 0.2) is 63.2 Å². The average Bonchev–Trinajstić information content (AvgIpc) is 3.01. The van der Waals surface area contributed by atoms with E-state index in [1.54, 1.807) is 0 Å². The summed E-state index contributed by atoms with van der Waals surface area (Å²) >= 11 is 4.41. The summed E-state index contributed by atoms with van der Waals surface area (Å²) in [4.78, 5) is 22.3. The lowest BCUT2D eigenvalue weighted by Gasteiger charge is -2.08. The highest BCUT2D eigenvalue weighted by molar-refractivity contribution is 9.10. The molecule has 1 fully saturated rings. The molecule has 1 saturated heterocycles. The molecule has 1 heterocycles. The van der Waals surface area contributed by atoms with E-state index in [2.05, 4.69) is 31.4 Å². The van der Waals surface area contributed by atoms with E-state index in [0.717, 1.165) is 27.4 Å². The Morgan fingerprint density at radius 2 is 2.00 bits per heavy atom. The Labute approximate surface area is 174 Å². The maximum atomic E-state index is 11.7. The van der Waals surface area contributed by atoms with E-state index in [9.17, 15) is 14.7 Å². The average molecular weight is 461 g/mol. The minimum Gasteiger partial charge on any atom is -0.550 e. The molecule has 1 aliphatic rings. The number of carboxylic acids is 1. The first-order valence-corrected chi connectivity index (χ1v) is 9.93. The standard InChI is InChI=1S/C19H16BrN3O4S/c20-14-7-5-12(6-8-14)11-27-15-4-2-1-3-13(15)10-21-23-19-22-18(26)16(28-19)9-17(24)25/h1-8,10,16H,9,11H2,(H,24,25)(H,22,23,26)/p-1/b21-10-/t16-/m0/s1. The van der Waals surface area contributed by atoms with Gasteiger partial charge in [0, 0.05) is 22.4 Å². The van der Waals surface area contributed by atoms with Crippen molar-refractivity contribution in [3.05, 3.63) is 64.1 Å². The number of carbonyl (C=O) groups excluding carboxylic acids is 2. The molecular formula is C19H15BrN3O4S-. The van der Waals surface area contributed by atoms with Crippen molar-refractivity contribution in [3.8, 4) is 5.75 Å². The van der Waals surface area contributed by atoms with Crippen molar-refractivity contribution in [1.82, 2.24) is 5.32 Å². The van der Waals surface area contributed by atoms with Gasteiger partial charge >= 0.3 is 0 Å². The molecule has 0 bridgehead atoms. The molecule has 1 atom stereocenters. The Morgan fingerprint density at radius 3 is 2.75 bits per heavy atom. The smallest absolute Gasteiger partial charge is 0.239 e. The van der Waals surface area contributed by atoms with Crippen LogP contribution in [0.4, 0.5) is 0 Å².